The molecule has 2 aromatic rings. The largest absolute Gasteiger partial charge is 0.339 e. The van der Waals surface area contributed by atoms with E-state index in [0.29, 0.717) is 0 Å². The molecule has 4 heteroatoms. The summed E-state index contributed by atoms with van der Waals surface area (Å²) in [5.41, 5.74) is 0.926. The Morgan fingerprint density at radius 2 is 2.07 bits per heavy atom. The number of aromatic nitrogens is 2. The zero-order valence-electron chi connectivity index (χ0n) is 8.04. The third-order valence-corrected chi connectivity index (χ3v) is 1.87. The van der Waals surface area contributed by atoms with Crippen molar-refractivity contribution >= 4 is 5.97 Å². The van der Waals surface area contributed by atoms with E-state index in [1.807, 2.05) is 30.3 Å². The van der Waals surface area contributed by atoms with Gasteiger partial charge in [0.25, 0.3) is 0 Å². The summed E-state index contributed by atoms with van der Waals surface area (Å²) in [6.45, 7) is 0. The Kier molecular flexibility index (Phi) is 2.78. The molecule has 2 rings (SSSR count). The molecule has 0 aliphatic carbocycles. The van der Waals surface area contributed by atoms with Crippen molar-refractivity contribution in [3.63, 3.8) is 0 Å². The minimum absolute atomic E-state index is 0.251. The fraction of sp³-hybridized carbons (Fsp3) is 0.0909. The van der Waals surface area contributed by atoms with Crippen molar-refractivity contribution in [2.45, 2.75) is 6.42 Å². The highest BCUT2D eigenvalue weighted by Crippen LogP contribution is 1.99. The molecular weight excluding hydrogens is 192 g/mol. The van der Waals surface area contributed by atoms with Gasteiger partial charge in [-0.3, -0.25) is 0 Å². The van der Waals surface area contributed by atoms with Crippen LogP contribution in [0, 0.1) is 0 Å². The van der Waals surface area contributed by atoms with Gasteiger partial charge in [0.2, 0.25) is 0 Å². The van der Waals surface area contributed by atoms with E-state index in [4.69, 9.17) is 4.84 Å². The van der Waals surface area contributed by atoms with Gasteiger partial charge in [0.05, 0.1) is 18.8 Å². The highest BCUT2D eigenvalue weighted by atomic mass is 16.7. The second-order valence-electron chi connectivity index (χ2n) is 3.03. The standard InChI is InChI=1S/C11H10N2O2/c14-11(15-13-8-4-7-12-13)9-10-5-2-1-3-6-10/h1-8H,9H2. The number of hydrogen-bond acceptors (Lipinski definition) is 3. The number of hydrogen-bond donors (Lipinski definition) is 0. The minimum Gasteiger partial charge on any atom is -0.319 e. The summed E-state index contributed by atoms with van der Waals surface area (Å²) in [6, 6.07) is 11.1. The molecule has 0 N–H and O–H groups in total. The van der Waals surface area contributed by atoms with E-state index in [1.54, 1.807) is 18.5 Å². The van der Waals surface area contributed by atoms with Crippen LogP contribution in [0.3, 0.4) is 0 Å². The summed E-state index contributed by atoms with van der Waals surface area (Å²) >= 11 is 0. The van der Waals surface area contributed by atoms with Gasteiger partial charge in [0.15, 0.2) is 0 Å². The zero-order chi connectivity index (χ0) is 10.5. The van der Waals surface area contributed by atoms with Gasteiger partial charge < -0.3 is 4.84 Å². The van der Waals surface area contributed by atoms with Gasteiger partial charge in [-0.1, -0.05) is 35.2 Å². The molecule has 0 fully saturated rings. The summed E-state index contributed by atoms with van der Waals surface area (Å²) in [6.07, 6.45) is 3.37. The number of carbonyl (C=O) groups is 1. The topological polar surface area (TPSA) is 44.1 Å². The molecular formula is C11H10N2O2. The molecule has 0 amide bonds. The Labute approximate surface area is 87.1 Å². The first-order chi connectivity index (χ1) is 7.34. The van der Waals surface area contributed by atoms with E-state index >= 15 is 0 Å². The summed E-state index contributed by atoms with van der Waals surface area (Å²) in [5, 5.41) is 3.77. The summed E-state index contributed by atoms with van der Waals surface area (Å²) in [5.74, 6) is -0.329. The average Bonchev–Trinajstić information content (AvgIpc) is 2.71. The highest BCUT2D eigenvalue weighted by molar-refractivity contribution is 5.72. The third-order valence-electron chi connectivity index (χ3n) is 1.87. The Bertz CT molecular complexity index is 423. The second kappa shape index (κ2) is 4.41. The molecule has 0 spiro atoms. The van der Waals surface area contributed by atoms with Gasteiger partial charge in [0.1, 0.15) is 0 Å². The first kappa shape index (κ1) is 9.45. The van der Waals surface area contributed by atoms with Crippen molar-refractivity contribution in [3.8, 4) is 0 Å². The Morgan fingerprint density at radius 1 is 1.27 bits per heavy atom. The summed E-state index contributed by atoms with van der Waals surface area (Å²) < 4.78 is 0. The molecule has 0 saturated carbocycles. The predicted octanol–water partition coefficient (Wildman–Crippen LogP) is 1.08. The van der Waals surface area contributed by atoms with Crippen molar-refractivity contribution in [1.29, 1.82) is 0 Å². The lowest BCUT2D eigenvalue weighted by atomic mass is 10.2. The van der Waals surface area contributed by atoms with Crippen molar-refractivity contribution < 1.29 is 9.63 Å². The molecule has 0 aliphatic rings. The number of rotatable bonds is 3. The molecule has 0 atom stereocenters. The maximum atomic E-state index is 11.4. The van der Waals surface area contributed by atoms with Crippen LogP contribution in [-0.4, -0.2) is 15.9 Å². The van der Waals surface area contributed by atoms with Gasteiger partial charge in [-0.2, -0.15) is 0 Å². The van der Waals surface area contributed by atoms with E-state index in [9.17, 15) is 4.79 Å². The van der Waals surface area contributed by atoms with E-state index in [-0.39, 0.29) is 12.4 Å². The first-order valence-electron chi connectivity index (χ1n) is 4.59. The lowest BCUT2D eigenvalue weighted by molar-refractivity contribution is -0.145. The lowest BCUT2D eigenvalue weighted by Crippen LogP contribution is -2.21. The molecule has 1 heterocycles. The number of benzene rings is 1. The van der Waals surface area contributed by atoms with Crippen LogP contribution < -0.4 is 4.84 Å². The second-order valence-corrected chi connectivity index (χ2v) is 3.03. The molecule has 0 radical (unpaired) electrons. The van der Waals surface area contributed by atoms with Crippen LogP contribution in [0.2, 0.25) is 0 Å². The molecule has 0 aliphatic heterocycles. The van der Waals surface area contributed by atoms with E-state index in [0.717, 1.165) is 10.4 Å². The Morgan fingerprint density at radius 3 is 2.73 bits per heavy atom. The smallest absolute Gasteiger partial charge is 0.319 e. The van der Waals surface area contributed by atoms with E-state index in [2.05, 4.69) is 5.10 Å². The van der Waals surface area contributed by atoms with E-state index in [1.165, 1.54) is 0 Å². The van der Waals surface area contributed by atoms with E-state index < -0.39 is 0 Å². The van der Waals surface area contributed by atoms with Crippen LogP contribution in [0.15, 0.2) is 48.8 Å². The molecule has 4 nitrogen and oxygen atoms in total. The van der Waals surface area contributed by atoms with Gasteiger partial charge >= 0.3 is 5.97 Å². The molecule has 0 unspecified atom stereocenters. The van der Waals surface area contributed by atoms with Gasteiger partial charge in [0, 0.05) is 0 Å². The number of carbonyl (C=O) groups excluding carboxylic acids is 1. The van der Waals surface area contributed by atoms with Crippen LogP contribution in [-0.2, 0) is 11.2 Å². The highest BCUT2D eigenvalue weighted by Gasteiger charge is 2.05. The van der Waals surface area contributed by atoms with Crippen molar-refractivity contribution in [2.24, 2.45) is 0 Å². The SMILES string of the molecule is O=C(Cc1ccccc1)On1cccn1. The predicted molar refractivity (Wildman–Crippen MR) is 54.0 cm³/mol. The summed E-state index contributed by atoms with van der Waals surface area (Å²) in [7, 11) is 0. The van der Waals surface area contributed by atoms with Crippen molar-refractivity contribution in [1.82, 2.24) is 9.94 Å². The fourth-order valence-electron chi connectivity index (χ4n) is 1.21. The summed E-state index contributed by atoms with van der Waals surface area (Å²) in [4.78, 5) is 17.5. The third kappa shape index (κ3) is 2.67. The maximum Gasteiger partial charge on any atom is 0.339 e. The van der Waals surface area contributed by atoms with Crippen LogP contribution in [0.1, 0.15) is 5.56 Å². The van der Waals surface area contributed by atoms with Gasteiger partial charge in [-0.15, -0.1) is 5.10 Å². The van der Waals surface area contributed by atoms with Crippen LogP contribution in [0.5, 0.6) is 0 Å². The monoisotopic (exact) mass is 202 g/mol. The van der Waals surface area contributed by atoms with Crippen molar-refractivity contribution in [3.05, 3.63) is 54.4 Å². The molecule has 0 saturated heterocycles. The lowest BCUT2D eigenvalue weighted by Gasteiger charge is -2.02. The van der Waals surface area contributed by atoms with Crippen molar-refractivity contribution in [2.75, 3.05) is 0 Å². The molecule has 76 valence electrons. The Hall–Kier alpha value is -2.10. The van der Waals surface area contributed by atoms with Crippen LogP contribution in [0.4, 0.5) is 0 Å². The Balaban J connectivity index is 1.94. The van der Waals surface area contributed by atoms with Gasteiger partial charge in [-0.25, -0.2) is 4.79 Å². The fourth-order valence-corrected chi connectivity index (χ4v) is 1.21. The molecule has 15 heavy (non-hydrogen) atoms. The number of nitrogens with zero attached hydrogens (tertiary/aromatic N) is 2. The zero-order valence-corrected chi connectivity index (χ0v) is 8.04. The molecule has 1 aromatic heterocycles. The maximum absolute atomic E-state index is 11.4. The average molecular weight is 202 g/mol. The first-order valence-corrected chi connectivity index (χ1v) is 4.59. The molecule has 0 bridgehead atoms. The minimum atomic E-state index is -0.329. The molecule has 1 aromatic carbocycles. The van der Waals surface area contributed by atoms with Gasteiger partial charge in [-0.05, 0) is 11.6 Å². The van der Waals surface area contributed by atoms with Crippen LogP contribution >= 0.6 is 0 Å². The normalized spacial score (nSPS) is 9.87. The van der Waals surface area contributed by atoms with Crippen LogP contribution in [0.25, 0.3) is 0 Å². The quantitative estimate of drug-likeness (QED) is 0.748.